The van der Waals surface area contributed by atoms with Crippen LogP contribution in [0.4, 0.5) is 0 Å². The molecule has 64 valence electrons. The Morgan fingerprint density at radius 1 is 1.15 bits per heavy atom. The van der Waals surface area contributed by atoms with Crippen molar-refractivity contribution >= 4 is 11.0 Å². The fraction of sp³-hybridized carbons (Fsp3) is 0.100. The van der Waals surface area contributed by atoms with Gasteiger partial charge in [-0.2, -0.15) is 0 Å². The summed E-state index contributed by atoms with van der Waals surface area (Å²) in [5.74, 6) is 0. The third kappa shape index (κ3) is 2.24. The molecule has 2 rings (SSSR count). The van der Waals surface area contributed by atoms with E-state index in [1.54, 1.807) is 6.07 Å². The molecule has 0 atom stereocenters. The van der Waals surface area contributed by atoms with Gasteiger partial charge in [0.25, 0.3) is 0 Å². The normalized spacial score (nSPS) is 9.62. The van der Waals surface area contributed by atoms with Crippen LogP contribution in [0, 0.1) is 38.0 Å². The van der Waals surface area contributed by atoms with Crippen molar-refractivity contribution in [3.8, 4) is 0 Å². The van der Waals surface area contributed by atoms with Crippen molar-refractivity contribution in [1.29, 1.82) is 0 Å². The maximum Gasteiger partial charge on any atom is 0.336 e. The molecule has 0 saturated heterocycles. The summed E-state index contributed by atoms with van der Waals surface area (Å²) < 4.78 is 4.96. The summed E-state index contributed by atoms with van der Waals surface area (Å²) in [5, 5.41) is 0.967. The molecule has 0 aliphatic heterocycles. The van der Waals surface area contributed by atoms with Gasteiger partial charge in [0.05, 0.1) is 0 Å². The summed E-state index contributed by atoms with van der Waals surface area (Å²) in [6.45, 7) is 2.00. The van der Waals surface area contributed by atoms with E-state index >= 15 is 0 Å². The number of aryl methyl sites for hydroxylation is 1. The minimum Gasteiger partial charge on any atom is -0.423 e. The average molecular weight is 398 g/mol. The Balaban J connectivity index is 0.000000845. The minimum atomic E-state index is -0.300. The van der Waals surface area contributed by atoms with Crippen LogP contribution in [-0.4, -0.2) is 0 Å². The van der Waals surface area contributed by atoms with Gasteiger partial charge in [-0.05, 0) is 25.1 Å². The van der Waals surface area contributed by atoms with Crippen LogP contribution in [-0.2, 0) is 0 Å². The van der Waals surface area contributed by atoms with Crippen LogP contribution in [0.5, 0.6) is 0 Å². The fourth-order valence-corrected chi connectivity index (χ4v) is 1.19. The molecule has 0 bridgehead atoms. The molecular weight excluding hydrogens is 390 g/mol. The summed E-state index contributed by atoms with van der Waals surface area (Å²) in [6, 6.07) is 8.92. The molecule has 0 radical (unpaired) electrons. The fourth-order valence-electron chi connectivity index (χ4n) is 1.19. The smallest absolute Gasteiger partial charge is 0.336 e. The first-order chi connectivity index (χ1) is 5.75. The SMILES string of the molecule is Cc1ccc2oc(=O)ccc2c1.[U]. The molecule has 1 heterocycles. The van der Waals surface area contributed by atoms with Crippen molar-refractivity contribution < 1.29 is 35.5 Å². The Bertz CT molecular complexity index is 474. The van der Waals surface area contributed by atoms with Gasteiger partial charge in [-0.15, -0.1) is 0 Å². The molecule has 0 aliphatic carbocycles. The van der Waals surface area contributed by atoms with Crippen molar-refractivity contribution in [1.82, 2.24) is 0 Å². The quantitative estimate of drug-likeness (QED) is 0.637. The molecule has 0 spiro atoms. The monoisotopic (exact) mass is 398 g/mol. The second kappa shape index (κ2) is 4.13. The number of hydrogen-bond donors (Lipinski definition) is 0. The standard InChI is InChI=1S/C10H8O2.U/c1-7-2-4-9-8(6-7)3-5-10(11)12-9;/h2-6H,1H3;. The molecule has 0 unspecified atom stereocenters. The Morgan fingerprint density at radius 2 is 1.92 bits per heavy atom. The molecule has 2 aromatic rings. The third-order valence-electron chi connectivity index (χ3n) is 1.77. The summed E-state index contributed by atoms with van der Waals surface area (Å²) in [6.07, 6.45) is 0. The topological polar surface area (TPSA) is 30.2 Å². The van der Waals surface area contributed by atoms with E-state index in [-0.39, 0.29) is 36.7 Å². The molecule has 0 amide bonds. The molecule has 0 fully saturated rings. The largest absolute Gasteiger partial charge is 0.423 e. The van der Waals surface area contributed by atoms with Crippen LogP contribution in [0.25, 0.3) is 11.0 Å². The Labute approximate surface area is 99.3 Å². The van der Waals surface area contributed by atoms with E-state index in [0.29, 0.717) is 5.58 Å². The molecule has 0 aliphatic rings. The predicted octanol–water partition coefficient (Wildman–Crippen LogP) is 2.10. The van der Waals surface area contributed by atoms with Crippen LogP contribution in [0.15, 0.2) is 39.5 Å². The van der Waals surface area contributed by atoms with Crippen molar-refractivity contribution in [2.24, 2.45) is 0 Å². The van der Waals surface area contributed by atoms with Gasteiger partial charge in [0.2, 0.25) is 0 Å². The molecule has 0 saturated carbocycles. The van der Waals surface area contributed by atoms with E-state index in [4.69, 9.17) is 4.42 Å². The zero-order chi connectivity index (χ0) is 8.55. The first kappa shape index (κ1) is 10.6. The molecule has 1 aromatic heterocycles. The zero-order valence-corrected chi connectivity index (χ0v) is 11.4. The van der Waals surface area contributed by atoms with E-state index in [1.165, 1.54) is 6.07 Å². The van der Waals surface area contributed by atoms with Crippen LogP contribution >= 0.6 is 0 Å². The molecule has 13 heavy (non-hydrogen) atoms. The molecule has 3 heteroatoms. The van der Waals surface area contributed by atoms with Gasteiger partial charge >= 0.3 is 5.63 Å². The molecular formula is C10H8O2U. The van der Waals surface area contributed by atoms with Crippen molar-refractivity contribution in [2.45, 2.75) is 6.92 Å². The summed E-state index contributed by atoms with van der Waals surface area (Å²) in [7, 11) is 0. The summed E-state index contributed by atoms with van der Waals surface area (Å²) in [5.41, 5.74) is 1.51. The van der Waals surface area contributed by atoms with Gasteiger partial charge in [0, 0.05) is 42.6 Å². The van der Waals surface area contributed by atoms with Crippen molar-refractivity contribution in [2.75, 3.05) is 0 Å². The summed E-state index contributed by atoms with van der Waals surface area (Å²) in [4.78, 5) is 10.8. The number of benzene rings is 1. The van der Waals surface area contributed by atoms with Gasteiger partial charge in [0.1, 0.15) is 5.58 Å². The molecule has 2 nitrogen and oxygen atoms in total. The third-order valence-corrected chi connectivity index (χ3v) is 1.77. The Hall–Kier alpha value is -0.518. The van der Waals surface area contributed by atoms with E-state index < -0.39 is 0 Å². The molecule has 0 N–H and O–H groups in total. The number of fused-ring (bicyclic) bond motifs is 1. The van der Waals surface area contributed by atoms with E-state index in [2.05, 4.69) is 0 Å². The number of hydrogen-bond acceptors (Lipinski definition) is 2. The van der Waals surface area contributed by atoms with Gasteiger partial charge in [-0.3, -0.25) is 0 Å². The van der Waals surface area contributed by atoms with Gasteiger partial charge in [-0.1, -0.05) is 11.6 Å². The predicted molar refractivity (Wildman–Crippen MR) is 47.2 cm³/mol. The molecule has 1 aromatic carbocycles. The van der Waals surface area contributed by atoms with Crippen LogP contribution in [0.1, 0.15) is 5.56 Å². The second-order valence-electron chi connectivity index (χ2n) is 2.80. The second-order valence-corrected chi connectivity index (χ2v) is 2.80. The van der Waals surface area contributed by atoms with Crippen molar-refractivity contribution in [3.05, 3.63) is 46.3 Å². The zero-order valence-electron chi connectivity index (χ0n) is 7.20. The first-order valence-corrected chi connectivity index (χ1v) is 3.76. The minimum absolute atomic E-state index is 0. The van der Waals surface area contributed by atoms with Crippen molar-refractivity contribution in [3.63, 3.8) is 0 Å². The van der Waals surface area contributed by atoms with Crippen LogP contribution < -0.4 is 5.63 Å². The summed E-state index contributed by atoms with van der Waals surface area (Å²) >= 11 is 0. The number of rotatable bonds is 0. The van der Waals surface area contributed by atoms with Gasteiger partial charge in [0.15, 0.2) is 0 Å². The average Bonchev–Trinajstić information content (AvgIpc) is 2.05. The Kier molecular flexibility index (Phi) is 3.35. The first-order valence-electron chi connectivity index (χ1n) is 3.76. The van der Waals surface area contributed by atoms with E-state index in [0.717, 1.165) is 10.9 Å². The van der Waals surface area contributed by atoms with Crippen LogP contribution in [0.2, 0.25) is 0 Å². The maximum atomic E-state index is 10.8. The van der Waals surface area contributed by atoms with Gasteiger partial charge in [-0.25, -0.2) is 4.79 Å². The van der Waals surface area contributed by atoms with Gasteiger partial charge < -0.3 is 4.42 Å². The van der Waals surface area contributed by atoms with E-state index in [9.17, 15) is 4.79 Å². The maximum absolute atomic E-state index is 10.8. The van der Waals surface area contributed by atoms with E-state index in [1.807, 2.05) is 25.1 Å². The van der Waals surface area contributed by atoms with Crippen LogP contribution in [0.3, 0.4) is 0 Å². The Morgan fingerprint density at radius 3 is 2.69 bits per heavy atom.